The van der Waals surface area contributed by atoms with E-state index in [0.717, 1.165) is 30.4 Å². The second-order valence-corrected chi connectivity index (χ2v) is 10.2. The minimum atomic E-state index is -0.869. The molecule has 3 rings (SSSR count). The fourth-order valence-electron chi connectivity index (χ4n) is 5.11. The van der Waals surface area contributed by atoms with Crippen LogP contribution in [0, 0.1) is 0 Å². The Labute approximate surface area is 228 Å². The molecule has 0 radical (unpaired) electrons. The Hall–Kier alpha value is -3.15. The maximum atomic E-state index is 13.9. The molecular weight excluding hydrogens is 476 g/mol. The van der Waals surface area contributed by atoms with Crippen LogP contribution in [0.25, 0.3) is 0 Å². The molecule has 1 aliphatic heterocycles. The normalized spacial score (nSPS) is 15.4. The Morgan fingerprint density at radius 2 is 1.37 bits per heavy atom. The zero-order valence-electron chi connectivity index (χ0n) is 22.9. The lowest BCUT2D eigenvalue weighted by Crippen LogP contribution is -2.58. The summed E-state index contributed by atoms with van der Waals surface area (Å²) in [6.45, 7) is 3.32. The zero-order valence-corrected chi connectivity index (χ0v) is 22.9. The molecular formula is C32H44N2O4. The van der Waals surface area contributed by atoms with Crippen LogP contribution in [-0.4, -0.2) is 48.4 Å². The van der Waals surface area contributed by atoms with Crippen molar-refractivity contribution in [3.63, 3.8) is 0 Å². The first-order chi connectivity index (χ1) is 18.6. The van der Waals surface area contributed by atoms with Gasteiger partial charge in [-0.05, 0) is 17.5 Å². The van der Waals surface area contributed by atoms with Crippen LogP contribution < -0.4 is 5.32 Å². The van der Waals surface area contributed by atoms with E-state index in [2.05, 4.69) is 12.2 Å². The van der Waals surface area contributed by atoms with Crippen LogP contribution in [0.5, 0.6) is 0 Å². The van der Waals surface area contributed by atoms with Crippen molar-refractivity contribution in [3.05, 3.63) is 71.8 Å². The van der Waals surface area contributed by atoms with Crippen LogP contribution in [0.2, 0.25) is 0 Å². The molecule has 0 saturated carbocycles. The van der Waals surface area contributed by atoms with Crippen LogP contribution in [-0.2, 0) is 19.1 Å². The number of piperazine rings is 1. The van der Waals surface area contributed by atoms with Crippen molar-refractivity contribution >= 4 is 17.8 Å². The number of unbranched alkanes of at least 4 members (excludes halogenated alkanes) is 9. The summed E-state index contributed by atoms with van der Waals surface area (Å²) in [6.07, 6.45) is 12.0. The van der Waals surface area contributed by atoms with Crippen molar-refractivity contribution in [2.24, 2.45) is 0 Å². The fraction of sp³-hybridized carbons (Fsp3) is 0.531. The molecule has 6 nitrogen and oxygen atoms in total. The van der Waals surface area contributed by atoms with E-state index in [1.54, 1.807) is 4.90 Å². The lowest BCUT2D eigenvalue weighted by molar-refractivity contribution is -0.152. The summed E-state index contributed by atoms with van der Waals surface area (Å²) in [6, 6.07) is 18.3. The first-order valence-corrected chi connectivity index (χ1v) is 14.5. The molecule has 206 valence electrons. The van der Waals surface area contributed by atoms with Gasteiger partial charge < -0.3 is 15.0 Å². The van der Waals surface area contributed by atoms with Crippen LogP contribution in [0.4, 0.5) is 0 Å². The van der Waals surface area contributed by atoms with Gasteiger partial charge in [0.1, 0.15) is 6.04 Å². The molecule has 1 fully saturated rings. The number of ether oxygens (including phenoxy) is 1. The average Bonchev–Trinajstić information content (AvgIpc) is 2.94. The van der Waals surface area contributed by atoms with E-state index in [1.807, 2.05) is 60.7 Å². The second-order valence-electron chi connectivity index (χ2n) is 10.2. The van der Waals surface area contributed by atoms with Crippen LogP contribution in [0.1, 0.15) is 94.6 Å². The largest absolute Gasteiger partial charge is 0.466 e. The highest BCUT2D eigenvalue weighted by Gasteiger charge is 2.38. The van der Waals surface area contributed by atoms with E-state index in [9.17, 15) is 14.4 Å². The number of hydrogen-bond acceptors (Lipinski definition) is 4. The molecule has 0 aromatic heterocycles. The first-order valence-electron chi connectivity index (χ1n) is 14.5. The second kappa shape index (κ2) is 16.6. The SMILES string of the molecule is CCCCCCCCCCCCOC(=O)CC1C(=O)NCCN1C(=O)C(c1ccccc1)c1ccccc1. The van der Waals surface area contributed by atoms with Crippen molar-refractivity contribution in [2.45, 2.75) is 89.5 Å². The average molecular weight is 521 g/mol. The van der Waals surface area contributed by atoms with Gasteiger partial charge in [-0.25, -0.2) is 0 Å². The summed E-state index contributed by atoms with van der Waals surface area (Å²) in [7, 11) is 0. The van der Waals surface area contributed by atoms with Gasteiger partial charge in [-0.1, -0.05) is 125 Å². The lowest BCUT2D eigenvalue weighted by Gasteiger charge is -2.37. The molecule has 38 heavy (non-hydrogen) atoms. The maximum absolute atomic E-state index is 13.9. The predicted octanol–water partition coefficient (Wildman–Crippen LogP) is 6.00. The van der Waals surface area contributed by atoms with Gasteiger partial charge in [0.2, 0.25) is 11.8 Å². The number of nitrogens with zero attached hydrogens (tertiary/aromatic N) is 1. The standard InChI is InChI=1S/C32H44N2O4/c1-2-3-4-5-6-7-8-9-10-17-24-38-29(35)25-28-31(36)33-22-23-34(28)32(37)30(26-18-13-11-14-19-26)27-20-15-12-16-21-27/h11-16,18-21,28,30H,2-10,17,22-25H2,1H3,(H,33,36). The molecule has 2 aromatic carbocycles. The molecule has 2 amide bonds. The summed E-state index contributed by atoms with van der Waals surface area (Å²) >= 11 is 0. The number of nitrogens with one attached hydrogen (secondary N) is 1. The number of amides is 2. The molecule has 6 heteroatoms. The Morgan fingerprint density at radius 1 is 0.842 bits per heavy atom. The minimum Gasteiger partial charge on any atom is -0.466 e. The maximum Gasteiger partial charge on any atom is 0.308 e. The van der Waals surface area contributed by atoms with Crippen molar-refractivity contribution in [3.8, 4) is 0 Å². The van der Waals surface area contributed by atoms with Gasteiger partial charge in [-0.15, -0.1) is 0 Å². The molecule has 0 spiro atoms. The fourth-order valence-corrected chi connectivity index (χ4v) is 5.11. The van der Waals surface area contributed by atoms with Crippen molar-refractivity contribution in [1.29, 1.82) is 0 Å². The van der Waals surface area contributed by atoms with Crippen LogP contribution in [0.15, 0.2) is 60.7 Å². The summed E-state index contributed by atoms with van der Waals surface area (Å²) in [5, 5.41) is 2.81. The van der Waals surface area contributed by atoms with Gasteiger partial charge in [-0.3, -0.25) is 14.4 Å². The Bertz CT molecular complexity index is 940. The number of carbonyl (C=O) groups is 3. The van der Waals surface area contributed by atoms with Crippen LogP contribution in [0.3, 0.4) is 0 Å². The first kappa shape index (κ1) is 29.4. The molecule has 2 aromatic rings. The summed E-state index contributed by atoms with van der Waals surface area (Å²) < 4.78 is 5.47. The van der Waals surface area contributed by atoms with Gasteiger partial charge in [0.25, 0.3) is 0 Å². The molecule has 1 unspecified atom stereocenters. The Balaban J connectivity index is 1.51. The van der Waals surface area contributed by atoms with E-state index >= 15 is 0 Å². The molecule has 0 aliphatic carbocycles. The van der Waals surface area contributed by atoms with E-state index < -0.39 is 17.9 Å². The molecule has 1 atom stereocenters. The van der Waals surface area contributed by atoms with Crippen molar-refractivity contribution < 1.29 is 19.1 Å². The van der Waals surface area contributed by atoms with Gasteiger partial charge in [-0.2, -0.15) is 0 Å². The molecule has 0 bridgehead atoms. The number of esters is 1. The smallest absolute Gasteiger partial charge is 0.308 e. The summed E-state index contributed by atoms with van der Waals surface area (Å²) in [5.41, 5.74) is 1.72. The molecule has 1 saturated heterocycles. The van der Waals surface area contributed by atoms with Crippen molar-refractivity contribution in [2.75, 3.05) is 19.7 Å². The highest BCUT2D eigenvalue weighted by Crippen LogP contribution is 2.28. The highest BCUT2D eigenvalue weighted by atomic mass is 16.5. The van der Waals surface area contributed by atoms with Gasteiger partial charge in [0, 0.05) is 13.1 Å². The predicted molar refractivity (Wildman–Crippen MR) is 151 cm³/mol. The van der Waals surface area contributed by atoms with Crippen molar-refractivity contribution in [1.82, 2.24) is 10.2 Å². The highest BCUT2D eigenvalue weighted by molar-refractivity contribution is 5.95. The third-order valence-electron chi connectivity index (χ3n) is 7.25. The van der Waals surface area contributed by atoms with E-state index in [-0.39, 0.29) is 18.2 Å². The summed E-state index contributed by atoms with van der Waals surface area (Å²) in [4.78, 5) is 40.9. The molecule has 1 heterocycles. The zero-order chi connectivity index (χ0) is 27.0. The van der Waals surface area contributed by atoms with E-state index in [0.29, 0.717) is 19.7 Å². The van der Waals surface area contributed by atoms with E-state index in [1.165, 1.54) is 44.9 Å². The number of carbonyl (C=O) groups excluding carboxylic acids is 3. The lowest BCUT2D eigenvalue weighted by atomic mass is 9.89. The minimum absolute atomic E-state index is 0.133. The third kappa shape index (κ3) is 9.30. The monoisotopic (exact) mass is 520 g/mol. The topological polar surface area (TPSA) is 75.7 Å². The Morgan fingerprint density at radius 3 is 1.92 bits per heavy atom. The molecule has 1 N–H and O–H groups in total. The number of benzene rings is 2. The quantitative estimate of drug-likeness (QED) is 0.218. The third-order valence-corrected chi connectivity index (χ3v) is 7.25. The number of hydrogen-bond donors (Lipinski definition) is 1. The number of rotatable bonds is 16. The molecule has 1 aliphatic rings. The van der Waals surface area contributed by atoms with Crippen LogP contribution >= 0.6 is 0 Å². The van der Waals surface area contributed by atoms with Gasteiger partial charge in [0.05, 0.1) is 18.9 Å². The summed E-state index contributed by atoms with van der Waals surface area (Å²) in [5.74, 6) is -1.46. The van der Waals surface area contributed by atoms with Gasteiger partial charge >= 0.3 is 5.97 Å². The van der Waals surface area contributed by atoms with Gasteiger partial charge in [0.15, 0.2) is 0 Å². The Kier molecular flexibility index (Phi) is 12.9. The van der Waals surface area contributed by atoms with E-state index in [4.69, 9.17) is 4.74 Å².